The average Bonchev–Trinajstić information content (AvgIpc) is 3.55. The normalized spacial score (nSPS) is 17.7. The van der Waals surface area contributed by atoms with Crippen LogP contribution in [0.15, 0.2) is 84.3 Å². The predicted octanol–water partition coefficient (Wildman–Crippen LogP) is 6.94. The summed E-state index contributed by atoms with van der Waals surface area (Å²) in [6.45, 7) is -0.325. The van der Waals surface area contributed by atoms with E-state index in [1.165, 1.54) is 11.8 Å². The second kappa shape index (κ2) is 14.9. The molecule has 1 aliphatic rings. The summed E-state index contributed by atoms with van der Waals surface area (Å²) < 4.78 is 83.8. The number of nitrogens with zero attached hydrogens (tertiary/aromatic N) is 3. The number of halogens is 5. The third-order valence-corrected chi connectivity index (χ3v) is 9.24. The summed E-state index contributed by atoms with van der Waals surface area (Å²) >= 11 is 1.52. The summed E-state index contributed by atoms with van der Waals surface area (Å²) in [4.78, 5) is 12.6. The quantitative estimate of drug-likeness (QED) is 0.0707. The van der Waals surface area contributed by atoms with Crippen molar-refractivity contribution in [3.8, 4) is 11.1 Å². The highest BCUT2D eigenvalue weighted by Gasteiger charge is 2.33. The summed E-state index contributed by atoms with van der Waals surface area (Å²) in [7, 11) is 1.86. The number of amides is 1. The Morgan fingerprint density at radius 1 is 0.898 bits per heavy atom. The van der Waals surface area contributed by atoms with Crippen molar-refractivity contribution in [3.05, 3.63) is 136 Å². The number of aryl methyl sites for hydroxylation is 1. The molecule has 0 radical (unpaired) electrons. The van der Waals surface area contributed by atoms with Gasteiger partial charge in [0, 0.05) is 31.3 Å². The first-order chi connectivity index (χ1) is 23.6. The van der Waals surface area contributed by atoms with E-state index in [1.807, 2.05) is 60.1 Å². The fourth-order valence-electron chi connectivity index (χ4n) is 5.44. The lowest BCUT2D eigenvalue weighted by atomic mass is 9.97. The number of nitrogens with one attached hydrogen (secondary N) is 1. The third kappa shape index (κ3) is 7.37. The standard InChI is InChI=1S/C35H29F5N4O4S/c1-44-18-42-43-35(44)49-17-24-14-26(21-8-6-19(16-45)7-9-21)48-34(47-24)22-12-10-20(11-13-22)25-5-3-2-4-23(25)15-41-33(46)27-28(36)30(38)32(40)31(39)29(27)37/h2-13,18,24,26,34,45H,14-17H2,1H3,(H,41,46). The lowest BCUT2D eigenvalue weighted by Crippen LogP contribution is -2.31. The van der Waals surface area contributed by atoms with Crippen LogP contribution in [0.2, 0.25) is 0 Å². The molecule has 0 saturated carbocycles. The summed E-state index contributed by atoms with van der Waals surface area (Å²) in [6, 6.07) is 21.8. The number of benzene rings is 4. The van der Waals surface area contributed by atoms with Crippen molar-refractivity contribution in [2.45, 2.75) is 43.2 Å². The fraction of sp³-hybridized carbons (Fsp3) is 0.229. The van der Waals surface area contributed by atoms with E-state index in [1.54, 1.807) is 30.6 Å². The van der Waals surface area contributed by atoms with Crippen molar-refractivity contribution in [3.63, 3.8) is 0 Å². The molecular weight excluding hydrogens is 667 g/mol. The molecule has 2 N–H and O–H groups in total. The Kier molecular flexibility index (Phi) is 10.4. The highest BCUT2D eigenvalue weighted by molar-refractivity contribution is 7.99. The second-order valence-corrected chi connectivity index (χ2v) is 12.3. The molecule has 3 unspecified atom stereocenters. The van der Waals surface area contributed by atoms with Gasteiger partial charge >= 0.3 is 0 Å². The molecule has 49 heavy (non-hydrogen) atoms. The highest BCUT2D eigenvalue weighted by Crippen LogP contribution is 2.40. The van der Waals surface area contributed by atoms with Crippen LogP contribution in [0.25, 0.3) is 11.1 Å². The minimum Gasteiger partial charge on any atom is -0.392 e. The van der Waals surface area contributed by atoms with Crippen LogP contribution in [0.3, 0.4) is 0 Å². The summed E-state index contributed by atoms with van der Waals surface area (Å²) in [6.07, 6.45) is 0.999. The van der Waals surface area contributed by atoms with Crippen LogP contribution in [0.5, 0.6) is 0 Å². The monoisotopic (exact) mass is 696 g/mol. The number of hydrogen-bond donors (Lipinski definition) is 2. The maximum absolute atomic E-state index is 14.2. The highest BCUT2D eigenvalue weighted by atomic mass is 32.2. The van der Waals surface area contributed by atoms with Crippen molar-refractivity contribution in [1.29, 1.82) is 0 Å². The van der Waals surface area contributed by atoms with E-state index in [0.717, 1.165) is 27.4 Å². The number of hydrogen-bond acceptors (Lipinski definition) is 7. The summed E-state index contributed by atoms with van der Waals surface area (Å²) in [5, 5.41) is 20.6. The molecule has 14 heteroatoms. The van der Waals surface area contributed by atoms with E-state index in [0.29, 0.717) is 23.3 Å². The van der Waals surface area contributed by atoms with Crippen molar-refractivity contribution in [2.75, 3.05) is 5.75 Å². The molecule has 4 aromatic carbocycles. The first-order valence-electron chi connectivity index (χ1n) is 15.1. The molecule has 0 aliphatic carbocycles. The molecular formula is C35H29F5N4O4S. The zero-order valence-electron chi connectivity index (χ0n) is 25.9. The Bertz CT molecular complexity index is 1930. The van der Waals surface area contributed by atoms with E-state index in [4.69, 9.17) is 9.47 Å². The molecule has 0 bridgehead atoms. The van der Waals surface area contributed by atoms with Gasteiger partial charge in [0.2, 0.25) is 5.82 Å². The van der Waals surface area contributed by atoms with Gasteiger partial charge in [-0.3, -0.25) is 4.79 Å². The van der Waals surface area contributed by atoms with Gasteiger partial charge in [-0.05, 0) is 27.8 Å². The van der Waals surface area contributed by atoms with Crippen LogP contribution in [-0.4, -0.2) is 37.6 Å². The predicted molar refractivity (Wildman–Crippen MR) is 169 cm³/mol. The minimum absolute atomic E-state index is 0.0678. The number of aliphatic hydroxyl groups is 1. The molecule has 5 aromatic rings. The summed E-state index contributed by atoms with van der Waals surface area (Å²) in [5.41, 5.74) is 2.84. The van der Waals surface area contributed by atoms with Crippen molar-refractivity contribution in [2.24, 2.45) is 7.05 Å². The smallest absolute Gasteiger partial charge is 0.257 e. The van der Waals surface area contributed by atoms with Crippen LogP contribution in [0, 0.1) is 29.1 Å². The molecule has 2 heterocycles. The molecule has 0 spiro atoms. The number of rotatable bonds is 10. The van der Waals surface area contributed by atoms with E-state index >= 15 is 0 Å². The van der Waals surface area contributed by atoms with Crippen LogP contribution < -0.4 is 5.32 Å². The van der Waals surface area contributed by atoms with Gasteiger partial charge in [-0.25, -0.2) is 22.0 Å². The zero-order chi connectivity index (χ0) is 34.7. The van der Waals surface area contributed by atoms with Gasteiger partial charge in [-0.1, -0.05) is 84.6 Å². The van der Waals surface area contributed by atoms with Gasteiger partial charge < -0.3 is 24.5 Å². The van der Waals surface area contributed by atoms with E-state index in [9.17, 15) is 31.9 Å². The van der Waals surface area contributed by atoms with E-state index in [-0.39, 0.29) is 25.4 Å². The molecule has 8 nitrogen and oxygen atoms in total. The molecule has 1 aromatic heterocycles. The first-order valence-corrected chi connectivity index (χ1v) is 16.1. The van der Waals surface area contributed by atoms with Crippen LogP contribution in [-0.2, 0) is 29.7 Å². The van der Waals surface area contributed by atoms with Crippen molar-refractivity contribution in [1.82, 2.24) is 20.1 Å². The van der Waals surface area contributed by atoms with Crippen molar-refractivity contribution >= 4 is 17.7 Å². The van der Waals surface area contributed by atoms with Gasteiger partial charge in [0.15, 0.2) is 34.7 Å². The van der Waals surface area contributed by atoms with E-state index < -0.39 is 46.8 Å². The van der Waals surface area contributed by atoms with Gasteiger partial charge in [0.25, 0.3) is 5.91 Å². The topological polar surface area (TPSA) is 98.5 Å². The second-order valence-electron chi connectivity index (χ2n) is 11.3. The first kappa shape index (κ1) is 34.2. The van der Waals surface area contributed by atoms with E-state index in [2.05, 4.69) is 15.5 Å². The number of carbonyl (C=O) groups is 1. The van der Waals surface area contributed by atoms with Crippen LogP contribution >= 0.6 is 11.8 Å². The van der Waals surface area contributed by atoms with Gasteiger partial charge in [-0.2, -0.15) is 0 Å². The third-order valence-electron chi connectivity index (χ3n) is 8.07. The van der Waals surface area contributed by atoms with Crippen molar-refractivity contribution < 1.29 is 41.3 Å². The lowest BCUT2D eigenvalue weighted by Gasteiger charge is -2.36. The number of aromatic nitrogens is 3. The Balaban J connectivity index is 1.20. The molecule has 3 atom stereocenters. The Hall–Kier alpha value is -4.63. The number of aliphatic hydroxyl groups excluding tert-OH is 1. The SMILES string of the molecule is Cn1cnnc1SCC1CC(c2ccc(CO)cc2)OC(c2ccc(-c3ccccc3CNC(=O)c3c(F)c(F)c(F)c(F)c3F)cc2)O1. The van der Waals surface area contributed by atoms with Gasteiger partial charge in [-0.15, -0.1) is 10.2 Å². The maximum atomic E-state index is 14.2. The molecule has 1 saturated heterocycles. The fourth-order valence-corrected chi connectivity index (χ4v) is 6.34. The largest absolute Gasteiger partial charge is 0.392 e. The molecule has 1 amide bonds. The van der Waals surface area contributed by atoms with Crippen LogP contribution in [0.4, 0.5) is 22.0 Å². The molecule has 6 rings (SSSR count). The molecule has 1 fully saturated rings. The maximum Gasteiger partial charge on any atom is 0.257 e. The van der Waals surface area contributed by atoms with Crippen LogP contribution in [0.1, 0.15) is 51.4 Å². The Morgan fingerprint density at radius 3 is 2.20 bits per heavy atom. The number of ether oxygens (including phenoxy) is 2. The average molecular weight is 697 g/mol. The summed E-state index contributed by atoms with van der Waals surface area (Å²) in [5.74, 6) is -12.0. The minimum atomic E-state index is -2.34. The van der Waals surface area contributed by atoms with Gasteiger partial charge in [0.1, 0.15) is 11.9 Å². The Labute approximate surface area is 281 Å². The number of carbonyl (C=O) groups excluding carboxylic acids is 1. The number of thioether (sulfide) groups is 1. The van der Waals surface area contributed by atoms with Gasteiger partial charge in [0.05, 0.1) is 18.8 Å². The lowest BCUT2D eigenvalue weighted by molar-refractivity contribution is -0.245. The Morgan fingerprint density at radius 2 is 1.55 bits per heavy atom. The molecule has 254 valence electrons. The molecule has 1 aliphatic heterocycles. The zero-order valence-corrected chi connectivity index (χ0v) is 26.7.